The van der Waals surface area contributed by atoms with Gasteiger partial charge in [0.15, 0.2) is 6.61 Å². The summed E-state index contributed by atoms with van der Waals surface area (Å²) in [5.41, 5.74) is 1.92. The topological polar surface area (TPSA) is 92.8 Å². The van der Waals surface area contributed by atoms with Gasteiger partial charge in [-0.25, -0.2) is 9.69 Å². The van der Waals surface area contributed by atoms with E-state index in [4.69, 9.17) is 27.9 Å². The van der Waals surface area contributed by atoms with E-state index in [0.717, 1.165) is 6.42 Å². The van der Waals surface area contributed by atoms with Crippen molar-refractivity contribution in [2.45, 2.75) is 13.3 Å². The van der Waals surface area contributed by atoms with Gasteiger partial charge in [0.2, 0.25) is 11.8 Å². The molecule has 7 nitrogen and oxygen atoms in total. The number of rotatable bonds is 5. The van der Waals surface area contributed by atoms with Crippen LogP contribution in [-0.2, 0) is 19.1 Å². The van der Waals surface area contributed by atoms with Crippen molar-refractivity contribution in [2.75, 3.05) is 16.8 Å². The second kappa shape index (κ2) is 8.56. The Morgan fingerprint density at radius 2 is 1.82 bits per heavy atom. The molecule has 2 bridgehead atoms. The number of amides is 3. The highest BCUT2D eigenvalue weighted by Crippen LogP contribution is 2.55. The van der Waals surface area contributed by atoms with Crippen LogP contribution in [0.15, 0.2) is 54.1 Å². The van der Waals surface area contributed by atoms with Gasteiger partial charge in [0, 0.05) is 0 Å². The number of ether oxygens (including phenoxy) is 1. The van der Waals surface area contributed by atoms with Crippen LogP contribution < -0.4 is 10.2 Å². The molecular weight excluding hydrogens is 479 g/mol. The van der Waals surface area contributed by atoms with Crippen molar-refractivity contribution in [3.05, 3.63) is 69.7 Å². The summed E-state index contributed by atoms with van der Waals surface area (Å²) < 4.78 is 5.11. The molecule has 2 aromatic rings. The van der Waals surface area contributed by atoms with Crippen LogP contribution in [0.4, 0.5) is 11.4 Å². The second-order valence-electron chi connectivity index (χ2n) is 8.76. The van der Waals surface area contributed by atoms with Crippen LogP contribution in [0.1, 0.15) is 23.7 Å². The first-order valence-corrected chi connectivity index (χ1v) is 11.6. The number of hydrogen-bond acceptors (Lipinski definition) is 5. The molecule has 174 valence electrons. The van der Waals surface area contributed by atoms with Crippen LogP contribution in [0.3, 0.4) is 0 Å². The molecule has 2 fully saturated rings. The minimum atomic E-state index is -0.758. The molecule has 3 amide bonds. The maximum atomic E-state index is 13.1. The van der Waals surface area contributed by atoms with Crippen molar-refractivity contribution in [3.63, 3.8) is 0 Å². The molecule has 5 rings (SSSR count). The molecule has 1 N–H and O–H groups in total. The molecule has 0 radical (unpaired) electrons. The Balaban J connectivity index is 1.26. The van der Waals surface area contributed by atoms with Gasteiger partial charge in [-0.3, -0.25) is 14.4 Å². The van der Waals surface area contributed by atoms with Crippen LogP contribution in [0, 0.1) is 23.7 Å². The van der Waals surface area contributed by atoms with E-state index in [-0.39, 0.29) is 51.1 Å². The van der Waals surface area contributed by atoms with Gasteiger partial charge >= 0.3 is 5.97 Å². The average Bonchev–Trinajstić information content (AvgIpc) is 3.45. The molecule has 0 aromatic heterocycles. The summed E-state index contributed by atoms with van der Waals surface area (Å²) in [6, 6.07) is 10.9. The van der Waals surface area contributed by atoms with Crippen LogP contribution in [0.5, 0.6) is 0 Å². The van der Waals surface area contributed by atoms with E-state index in [2.05, 4.69) is 11.4 Å². The number of esters is 1. The third-order valence-electron chi connectivity index (χ3n) is 6.78. The number of anilines is 2. The van der Waals surface area contributed by atoms with Gasteiger partial charge in [0.1, 0.15) is 0 Å². The lowest BCUT2D eigenvalue weighted by Gasteiger charge is -2.19. The number of benzene rings is 2. The fourth-order valence-electron chi connectivity index (χ4n) is 5.30. The third kappa shape index (κ3) is 3.69. The highest BCUT2D eigenvalue weighted by molar-refractivity contribution is 6.44. The Morgan fingerprint density at radius 1 is 1.09 bits per heavy atom. The normalized spacial score (nSPS) is 24.8. The summed E-state index contributed by atoms with van der Waals surface area (Å²) >= 11 is 12.0. The fraction of sp³-hybridized carbons (Fsp3) is 0.280. The number of nitrogens with one attached hydrogen (secondary N) is 1. The molecule has 1 saturated carbocycles. The Hall–Kier alpha value is -3.16. The zero-order valence-electron chi connectivity index (χ0n) is 18.1. The SMILES string of the molecule is CC1=C[C@H]2C[C@H]1[C@H]1C(=O)N(c3cccc(C(=O)OCC(=O)Nc4cccc(Cl)c4Cl)c3)C(=O)[C@@H]12. The molecule has 0 spiro atoms. The average molecular weight is 499 g/mol. The molecule has 3 aliphatic rings. The number of carbonyl (C=O) groups is 4. The fourth-order valence-corrected chi connectivity index (χ4v) is 5.65. The smallest absolute Gasteiger partial charge is 0.338 e. The van der Waals surface area contributed by atoms with E-state index in [1.165, 1.54) is 22.6 Å². The molecule has 2 aromatic carbocycles. The van der Waals surface area contributed by atoms with Crippen molar-refractivity contribution in [2.24, 2.45) is 23.7 Å². The van der Waals surface area contributed by atoms with Crippen molar-refractivity contribution in [3.8, 4) is 0 Å². The molecule has 0 unspecified atom stereocenters. The van der Waals surface area contributed by atoms with Gasteiger partial charge in [0.25, 0.3) is 5.91 Å². The molecule has 1 aliphatic heterocycles. The summed E-state index contributed by atoms with van der Waals surface area (Å²) in [7, 11) is 0. The molecule has 1 saturated heterocycles. The monoisotopic (exact) mass is 498 g/mol. The number of allylic oxidation sites excluding steroid dienone is 2. The lowest BCUT2D eigenvalue weighted by Crippen LogP contribution is -2.33. The van der Waals surface area contributed by atoms with E-state index >= 15 is 0 Å². The van der Waals surface area contributed by atoms with Gasteiger partial charge < -0.3 is 10.1 Å². The van der Waals surface area contributed by atoms with Crippen LogP contribution >= 0.6 is 23.2 Å². The molecule has 9 heteroatoms. The first kappa shape index (κ1) is 22.6. The summed E-state index contributed by atoms with van der Waals surface area (Å²) in [6.45, 7) is 1.46. The van der Waals surface area contributed by atoms with Gasteiger partial charge in [-0.15, -0.1) is 0 Å². The van der Waals surface area contributed by atoms with Gasteiger partial charge in [-0.05, 0) is 55.5 Å². The Bertz CT molecular complexity index is 1270. The summed E-state index contributed by atoms with van der Waals surface area (Å²) in [4.78, 5) is 52.2. The lowest BCUT2D eigenvalue weighted by molar-refractivity contribution is -0.123. The maximum absolute atomic E-state index is 13.1. The molecular formula is C25H20Cl2N2O5. The number of imide groups is 1. The predicted molar refractivity (Wildman–Crippen MR) is 127 cm³/mol. The lowest BCUT2D eigenvalue weighted by atomic mass is 9.82. The van der Waals surface area contributed by atoms with Crippen molar-refractivity contribution < 1.29 is 23.9 Å². The zero-order chi connectivity index (χ0) is 24.1. The largest absolute Gasteiger partial charge is 0.452 e. The Morgan fingerprint density at radius 3 is 2.62 bits per heavy atom. The first-order valence-electron chi connectivity index (χ1n) is 10.8. The summed E-state index contributed by atoms with van der Waals surface area (Å²) in [5, 5.41) is 2.99. The van der Waals surface area contributed by atoms with Crippen molar-refractivity contribution in [1.82, 2.24) is 0 Å². The quantitative estimate of drug-likeness (QED) is 0.372. The predicted octanol–water partition coefficient (Wildman–Crippen LogP) is 4.49. The molecule has 1 heterocycles. The molecule has 34 heavy (non-hydrogen) atoms. The van der Waals surface area contributed by atoms with E-state index in [0.29, 0.717) is 11.4 Å². The second-order valence-corrected chi connectivity index (χ2v) is 9.54. The van der Waals surface area contributed by atoms with Crippen LogP contribution in [0.25, 0.3) is 0 Å². The van der Waals surface area contributed by atoms with Gasteiger partial charge in [-0.1, -0.05) is 47.0 Å². The Labute approximate surface area is 205 Å². The van der Waals surface area contributed by atoms with E-state index < -0.39 is 18.5 Å². The third-order valence-corrected chi connectivity index (χ3v) is 7.60. The molecule has 4 atom stereocenters. The standard InChI is InChI=1S/C25H20Cl2N2O5/c1-12-8-14-10-16(12)21-20(14)23(31)29(24(21)32)15-5-2-4-13(9-15)25(33)34-11-19(30)28-18-7-3-6-17(26)22(18)27/h2-9,14,16,20-21H,10-11H2,1H3,(H,28,30)/t14-,16+,20+,21+/m0/s1. The highest BCUT2D eigenvalue weighted by atomic mass is 35.5. The summed E-state index contributed by atoms with van der Waals surface area (Å²) in [6.07, 6.45) is 2.96. The van der Waals surface area contributed by atoms with E-state index in [1.54, 1.807) is 30.3 Å². The Kier molecular flexibility index (Phi) is 5.70. The van der Waals surface area contributed by atoms with Gasteiger partial charge in [0.05, 0.1) is 38.8 Å². The number of hydrogen-bond donors (Lipinski definition) is 1. The zero-order valence-corrected chi connectivity index (χ0v) is 19.6. The number of carbonyl (C=O) groups excluding carboxylic acids is 4. The van der Waals surface area contributed by atoms with Crippen LogP contribution in [-0.4, -0.2) is 30.3 Å². The minimum absolute atomic E-state index is 0.0936. The van der Waals surface area contributed by atoms with E-state index in [1.807, 2.05) is 6.92 Å². The number of fused-ring (bicyclic) bond motifs is 5. The first-order chi connectivity index (χ1) is 16.3. The van der Waals surface area contributed by atoms with E-state index in [9.17, 15) is 19.2 Å². The van der Waals surface area contributed by atoms with Crippen molar-refractivity contribution in [1.29, 1.82) is 0 Å². The number of halogens is 2. The van der Waals surface area contributed by atoms with Crippen molar-refractivity contribution >= 4 is 58.3 Å². The molecule has 2 aliphatic carbocycles. The maximum Gasteiger partial charge on any atom is 0.338 e. The highest BCUT2D eigenvalue weighted by Gasteiger charge is 2.60. The van der Waals surface area contributed by atoms with Crippen LogP contribution in [0.2, 0.25) is 10.0 Å². The number of nitrogens with zero attached hydrogens (tertiary/aromatic N) is 1. The minimum Gasteiger partial charge on any atom is -0.452 e. The van der Waals surface area contributed by atoms with Gasteiger partial charge in [-0.2, -0.15) is 0 Å². The summed E-state index contributed by atoms with van der Waals surface area (Å²) in [5.74, 6) is -2.27.